The largest absolute Gasteiger partial charge is 0.483 e. The summed E-state index contributed by atoms with van der Waals surface area (Å²) in [6.45, 7) is 2.86. The lowest BCUT2D eigenvalue weighted by Crippen LogP contribution is -2.45. The molecule has 2 aromatic rings. The molecule has 160 valence electrons. The molecule has 0 spiro atoms. The smallest absolute Gasteiger partial charge is 0.290 e. The molecule has 0 saturated carbocycles. The Hall–Kier alpha value is -3.16. The minimum absolute atomic E-state index is 0.0495. The molecule has 0 bridgehead atoms. The number of aromatic nitrogens is 1. The van der Waals surface area contributed by atoms with Crippen LogP contribution in [-0.2, 0) is 14.4 Å². The molecule has 2 aliphatic rings. The first-order valence-electron chi connectivity index (χ1n) is 10.3. The summed E-state index contributed by atoms with van der Waals surface area (Å²) in [5.41, 5.74) is 0. The Bertz CT molecular complexity index is 865. The molecule has 0 radical (unpaired) electrons. The number of carbonyl (C=O) groups excluding carboxylic acids is 2. The van der Waals surface area contributed by atoms with Crippen molar-refractivity contribution in [1.29, 1.82) is 0 Å². The van der Waals surface area contributed by atoms with Crippen LogP contribution in [0.5, 0.6) is 0 Å². The molecule has 2 fully saturated rings. The number of pyridine rings is 1. The number of carboxylic acid groups (broad SMARTS) is 1. The molecule has 1 aromatic heterocycles. The lowest BCUT2D eigenvalue weighted by atomic mass is 9.95. The van der Waals surface area contributed by atoms with E-state index >= 15 is 0 Å². The van der Waals surface area contributed by atoms with Crippen LogP contribution in [0.25, 0.3) is 10.8 Å². The van der Waals surface area contributed by atoms with E-state index in [1.54, 1.807) is 0 Å². The SMILES string of the molecule is O=C1CCC(C(=O)NCC2CCN(c3nccc4ccccc34)CC2)CN1.O=CO. The van der Waals surface area contributed by atoms with Crippen LogP contribution in [0, 0.1) is 11.8 Å². The van der Waals surface area contributed by atoms with E-state index in [1.807, 2.05) is 6.20 Å². The molecule has 1 unspecified atom stereocenters. The minimum Gasteiger partial charge on any atom is -0.483 e. The first-order valence-corrected chi connectivity index (χ1v) is 10.3. The third-order valence-corrected chi connectivity index (χ3v) is 5.77. The first-order chi connectivity index (χ1) is 14.6. The maximum atomic E-state index is 12.3. The van der Waals surface area contributed by atoms with Crippen LogP contribution in [0.3, 0.4) is 0 Å². The van der Waals surface area contributed by atoms with Gasteiger partial charge in [-0.1, -0.05) is 24.3 Å². The van der Waals surface area contributed by atoms with Gasteiger partial charge in [0, 0.05) is 44.2 Å². The zero-order valence-electron chi connectivity index (χ0n) is 16.9. The Morgan fingerprint density at radius 2 is 1.97 bits per heavy atom. The number of carbonyl (C=O) groups is 3. The normalized spacial score (nSPS) is 19.4. The molecule has 8 heteroatoms. The van der Waals surface area contributed by atoms with Gasteiger partial charge in [-0.25, -0.2) is 4.98 Å². The summed E-state index contributed by atoms with van der Waals surface area (Å²) >= 11 is 0. The maximum Gasteiger partial charge on any atom is 0.290 e. The van der Waals surface area contributed by atoms with Crippen molar-refractivity contribution in [1.82, 2.24) is 15.6 Å². The molecule has 2 aliphatic heterocycles. The lowest BCUT2D eigenvalue weighted by Gasteiger charge is -2.33. The highest BCUT2D eigenvalue weighted by molar-refractivity contribution is 5.92. The molecule has 8 nitrogen and oxygen atoms in total. The van der Waals surface area contributed by atoms with Gasteiger partial charge < -0.3 is 20.6 Å². The number of amides is 2. The van der Waals surface area contributed by atoms with E-state index in [-0.39, 0.29) is 24.2 Å². The first kappa shape index (κ1) is 21.5. The average Bonchev–Trinajstić information content (AvgIpc) is 2.78. The van der Waals surface area contributed by atoms with Crippen LogP contribution in [0.15, 0.2) is 36.5 Å². The van der Waals surface area contributed by atoms with E-state index in [1.165, 1.54) is 10.8 Å². The van der Waals surface area contributed by atoms with Gasteiger partial charge in [-0.3, -0.25) is 14.4 Å². The summed E-state index contributed by atoms with van der Waals surface area (Å²) in [5, 5.41) is 15.2. The highest BCUT2D eigenvalue weighted by atomic mass is 16.3. The summed E-state index contributed by atoms with van der Waals surface area (Å²) in [7, 11) is 0. The van der Waals surface area contributed by atoms with Gasteiger partial charge in [-0.15, -0.1) is 0 Å². The number of nitrogens with zero attached hydrogens (tertiary/aromatic N) is 2. The molecule has 3 heterocycles. The van der Waals surface area contributed by atoms with Gasteiger partial charge >= 0.3 is 0 Å². The van der Waals surface area contributed by atoms with Gasteiger partial charge in [0.15, 0.2) is 0 Å². The number of rotatable bonds is 4. The zero-order chi connectivity index (χ0) is 21.3. The van der Waals surface area contributed by atoms with Gasteiger partial charge in [0.1, 0.15) is 5.82 Å². The predicted molar refractivity (Wildman–Crippen MR) is 114 cm³/mol. The van der Waals surface area contributed by atoms with Crippen molar-refractivity contribution in [2.45, 2.75) is 25.7 Å². The Morgan fingerprint density at radius 3 is 2.67 bits per heavy atom. The third kappa shape index (κ3) is 5.46. The second-order valence-electron chi connectivity index (χ2n) is 7.68. The van der Waals surface area contributed by atoms with E-state index in [9.17, 15) is 9.59 Å². The van der Waals surface area contributed by atoms with E-state index in [4.69, 9.17) is 9.90 Å². The zero-order valence-corrected chi connectivity index (χ0v) is 16.9. The Labute approximate surface area is 175 Å². The molecular formula is C22H28N4O4. The fourth-order valence-corrected chi connectivity index (χ4v) is 4.05. The van der Waals surface area contributed by atoms with Gasteiger partial charge in [0.25, 0.3) is 6.47 Å². The number of benzene rings is 1. The van der Waals surface area contributed by atoms with Crippen molar-refractivity contribution < 1.29 is 19.5 Å². The quantitative estimate of drug-likeness (QED) is 0.660. The van der Waals surface area contributed by atoms with Crippen LogP contribution in [0.2, 0.25) is 0 Å². The number of hydrogen-bond acceptors (Lipinski definition) is 5. The van der Waals surface area contributed by atoms with E-state index in [0.717, 1.165) is 38.3 Å². The molecule has 1 aromatic carbocycles. The highest BCUT2D eigenvalue weighted by Gasteiger charge is 2.26. The second kappa shape index (κ2) is 10.6. The lowest BCUT2D eigenvalue weighted by molar-refractivity contribution is -0.129. The fourth-order valence-electron chi connectivity index (χ4n) is 4.05. The number of nitrogens with one attached hydrogen (secondary N) is 2. The second-order valence-corrected chi connectivity index (χ2v) is 7.68. The molecular weight excluding hydrogens is 384 g/mol. The predicted octanol–water partition coefficient (Wildman–Crippen LogP) is 1.79. The number of piperidine rings is 2. The average molecular weight is 412 g/mol. The summed E-state index contributed by atoms with van der Waals surface area (Å²) in [6, 6.07) is 10.4. The van der Waals surface area contributed by atoms with Crippen LogP contribution in [0.1, 0.15) is 25.7 Å². The van der Waals surface area contributed by atoms with Crippen LogP contribution >= 0.6 is 0 Å². The Morgan fingerprint density at radius 1 is 1.23 bits per heavy atom. The number of anilines is 1. The molecule has 2 saturated heterocycles. The summed E-state index contributed by atoms with van der Waals surface area (Å²) in [6.07, 6.45) is 5.09. The molecule has 4 rings (SSSR count). The van der Waals surface area contributed by atoms with Gasteiger partial charge in [-0.2, -0.15) is 0 Å². The molecule has 3 N–H and O–H groups in total. The fraction of sp³-hybridized carbons (Fsp3) is 0.455. The summed E-state index contributed by atoms with van der Waals surface area (Å²) in [4.78, 5) is 38.8. The van der Waals surface area contributed by atoms with Crippen molar-refractivity contribution in [2.24, 2.45) is 11.8 Å². The van der Waals surface area contributed by atoms with Gasteiger partial charge in [-0.05, 0) is 36.6 Å². The number of fused-ring (bicyclic) bond motifs is 1. The van der Waals surface area contributed by atoms with E-state index < -0.39 is 0 Å². The minimum atomic E-state index is -0.250. The van der Waals surface area contributed by atoms with Gasteiger partial charge in [0.2, 0.25) is 11.8 Å². The number of hydrogen-bond donors (Lipinski definition) is 3. The molecule has 0 aliphatic carbocycles. The highest BCUT2D eigenvalue weighted by Crippen LogP contribution is 2.28. The summed E-state index contributed by atoms with van der Waals surface area (Å²) in [5.74, 6) is 1.61. The van der Waals surface area contributed by atoms with Crippen LogP contribution in [-0.4, -0.2) is 54.6 Å². The van der Waals surface area contributed by atoms with Gasteiger partial charge in [0.05, 0.1) is 5.92 Å². The standard InChI is InChI=1S/C21H26N4O2.CH2O2/c26-19-6-5-17(14-23-19)21(27)24-13-15-8-11-25(12-9-15)20-18-4-2-1-3-16(18)7-10-22-20;2-1-3/h1-4,7,10,15,17H,5-6,8-9,11-14H2,(H,23,26)(H,24,27);1H,(H,2,3). The summed E-state index contributed by atoms with van der Waals surface area (Å²) < 4.78 is 0. The molecule has 30 heavy (non-hydrogen) atoms. The topological polar surface area (TPSA) is 112 Å². The van der Waals surface area contributed by atoms with Crippen molar-refractivity contribution in [2.75, 3.05) is 31.1 Å². The van der Waals surface area contributed by atoms with Crippen molar-refractivity contribution in [3.05, 3.63) is 36.5 Å². The van der Waals surface area contributed by atoms with Crippen molar-refractivity contribution in [3.8, 4) is 0 Å². The molecule has 1 atom stereocenters. The monoisotopic (exact) mass is 412 g/mol. The van der Waals surface area contributed by atoms with Crippen molar-refractivity contribution >= 4 is 34.9 Å². The molecule has 2 amide bonds. The Balaban J connectivity index is 0.000000806. The van der Waals surface area contributed by atoms with Crippen molar-refractivity contribution in [3.63, 3.8) is 0 Å². The Kier molecular flexibility index (Phi) is 7.59. The third-order valence-electron chi connectivity index (χ3n) is 5.77. The maximum absolute atomic E-state index is 12.3. The van der Waals surface area contributed by atoms with Crippen LogP contribution < -0.4 is 15.5 Å². The van der Waals surface area contributed by atoms with Crippen LogP contribution in [0.4, 0.5) is 5.82 Å². The van der Waals surface area contributed by atoms with E-state index in [2.05, 4.69) is 50.8 Å². The van der Waals surface area contributed by atoms with E-state index in [0.29, 0.717) is 25.3 Å².